The molecule has 0 radical (unpaired) electrons. The van der Waals surface area contributed by atoms with Gasteiger partial charge in [0.15, 0.2) is 0 Å². The van der Waals surface area contributed by atoms with Crippen LogP contribution in [0.1, 0.15) is 37.0 Å². The zero-order valence-corrected chi connectivity index (χ0v) is 22.4. The molecule has 1 aliphatic carbocycles. The van der Waals surface area contributed by atoms with Crippen LogP contribution in [0.2, 0.25) is 0 Å². The summed E-state index contributed by atoms with van der Waals surface area (Å²) in [5.41, 5.74) is 0.942. The summed E-state index contributed by atoms with van der Waals surface area (Å²) < 4.78 is 17.4. The fourth-order valence-corrected chi connectivity index (χ4v) is 4.83. The van der Waals surface area contributed by atoms with Crippen molar-refractivity contribution < 1.29 is 28.6 Å². The number of benzene rings is 1. The summed E-state index contributed by atoms with van der Waals surface area (Å²) in [6.45, 7) is 8.16. The van der Waals surface area contributed by atoms with Crippen molar-refractivity contribution in [3.8, 4) is 5.75 Å². The van der Waals surface area contributed by atoms with E-state index >= 15 is 0 Å². The Labute approximate surface area is 219 Å². The second kappa shape index (κ2) is 12.2. The Kier molecular flexibility index (Phi) is 9.04. The van der Waals surface area contributed by atoms with E-state index in [1.807, 2.05) is 18.7 Å². The standard InChI is InChI=1S/C27H40N4O6/c1-18-14-31(25(32)16-30-9-11-36-12-10-30)19(2)17-37-23-8-7-21(28-26(33)20-5-6-20)13-22(23)27(34)29(3)15-24(18)35-4/h7-8,13,18-20,24H,5-6,9-12,14-17H2,1-4H3,(H,28,33)/t18-,19-,24-/m0/s1. The van der Waals surface area contributed by atoms with Crippen molar-refractivity contribution >= 4 is 23.4 Å². The molecule has 0 aromatic heterocycles. The van der Waals surface area contributed by atoms with Crippen LogP contribution in [-0.4, -0.2) is 111 Å². The molecule has 1 saturated heterocycles. The van der Waals surface area contributed by atoms with Crippen LogP contribution in [-0.2, 0) is 19.1 Å². The summed E-state index contributed by atoms with van der Waals surface area (Å²) in [6.07, 6.45) is 1.54. The van der Waals surface area contributed by atoms with E-state index < -0.39 is 0 Å². The number of ether oxygens (including phenoxy) is 3. The number of carbonyl (C=O) groups excluding carboxylic acids is 3. The Balaban J connectivity index is 1.58. The third kappa shape index (κ3) is 7.00. The molecule has 37 heavy (non-hydrogen) atoms. The van der Waals surface area contributed by atoms with Crippen molar-refractivity contribution in [2.75, 3.05) is 72.0 Å². The zero-order valence-electron chi connectivity index (χ0n) is 22.4. The molecule has 3 atom stereocenters. The van der Waals surface area contributed by atoms with Gasteiger partial charge in [-0.25, -0.2) is 0 Å². The second-order valence-corrected chi connectivity index (χ2v) is 10.5. The van der Waals surface area contributed by atoms with Crippen molar-refractivity contribution in [1.29, 1.82) is 0 Å². The van der Waals surface area contributed by atoms with E-state index in [-0.39, 0.29) is 48.3 Å². The molecule has 1 saturated carbocycles. The number of rotatable bonds is 5. The van der Waals surface area contributed by atoms with Gasteiger partial charge < -0.3 is 29.3 Å². The quantitative estimate of drug-likeness (QED) is 0.636. The highest BCUT2D eigenvalue weighted by atomic mass is 16.5. The van der Waals surface area contributed by atoms with Gasteiger partial charge in [0.05, 0.1) is 37.5 Å². The lowest BCUT2D eigenvalue weighted by atomic mass is 10.0. The van der Waals surface area contributed by atoms with Gasteiger partial charge in [0, 0.05) is 57.9 Å². The van der Waals surface area contributed by atoms with E-state index in [2.05, 4.69) is 10.2 Å². The molecule has 10 nitrogen and oxygen atoms in total. The Morgan fingerprint density at radius 1 is 1.14 bits per heavy atom. The van der Waals surface area contributed by atoms with Crippen LogP contribution >= 0.6 is 0 Å². The molecule has 10 heteroatoms. The second-order valence-electron chi connectivity index (χ2n) is 10.5. The Morgan fingerprint density at radius 3 is 2.54 bits per heavy atom. The third-order valence-electron chi connectivity index (χ3n) is 7.44. The van der Waals surface area contributed by atoms with Crippen molar-refractivity contribution in [3.05, 3.63) is 23.8 Å². The first-order chi connectivity index (χ1) is 17.8. The Hall–Kier alpha value is -2.69. The number of methoxy groups -OCH3 is 1. The summed E-state index contributed by atoms with van der Waals surface area (Å²) >= 11 is 0. The van der Waals surface area contributed by atoms with Gasteiger partial charge in [-0.15, -0.1) is 0 Å². The van der Waals surface area contributed by atoms with Gasteiger partial charge in [-0.05, 0) is 38.0 Å². The zero-order chi connectivity index (χ0) is 26.5. The van der Waals surface area contributed by atoms with E-state index in [1.165, 1.54) is 0 Å². The molecule has 2 fully saturated rings. The van der Waals surface area contributed by atoms with Crippen LogP contribution in [0.15, 0.2) is 18.2 Å². The van der Waals surface area contributed by atoms with E-state index in [4.69, 9.17) is 14.2 Å². The SMILES string of the molecule is CO[C@H]1CN(C)C(=O)c2cc(NC(=O)C3CC3)ccc2OC[C@H](C)N(C(=O)CN2CCOCC2)C[C@@H]1C. The summed E-state index contributed by atoms with van der Waals surface area (Å²) in [4.78, 5) is 44.8. The first-order valence-corrected chi connectivity index (χ1v) is 13.2. The summed E-state index contributed by atoms with van der Waals surface area (Å²) in [5.74, 6) is 0.281. The maximum absolute atomic E-state index is 13.5. The minimum Gasteiger partial charge on any atom is -0.491 e. The largest absolute Gasteiger partial charge is 0.491 e. The van der Waals surface area contributed by atoms with Crippen molar-refractivity contribution in [2.45, 2.75) is 38.8 Å². The molecular weight excluding hydrogens is 476 g/mol. The first kappa shape index (κ1) is 27.3. The number of hydrogen-bond donors (Lipinski definition) is 1. The number of amides is 3. The van der Waals surface area contributed by atoms with Crippen LogP contribution in [0.3, 0.4) is 0 Å². The first-order valence-electron chi connectivity index (χ1n) is 13.2. The normalized spacial score (nSPS) is 25.9. The molecule has 3 aliphatic rings. The maximum Gasteiger partial charge on any atom is 0.257 e. The molecule has 204 valence electrons. The fraction of sp³-hybridized carbons (Fsp3) is 0.667. The molecular formula is C27H40N4O6. The minimum absolute atomic E-state index is 0.0144. The van der Waals surface area contributed by atoms with E-state index in [0.29, 0.717) is 49.8 Å². The van der Waals surface area contributed by atoms with Gasteiger partial charge >= 0.3 is 0 Å². The van der Waals surface area contributed by atoms with Gasteiger partial charge in [0.1, 0.15) is 12.4 Å². The average Bonchev–Trinajstić information content (AvgIpc) is 3.74. The predicted molar refractivity (Wildman–Crippen MR) is 139 cm³/mol. The minimum atomic E-state index is -0.263. The number of nitrogens with zero attached hydrogens (tertiary/aromatic N) is 3. The fourth-order valence-electron chi connectivity index (χ4n) is 4.83. The topological polar surface area (TPSA) is 101 Å². The Morgan fingerprint density at radius 2 is 1.86 bits per heavy atom. The lowest BCUT2D eigenvalue weighted by Gasteiger charge is -2.37. The van der Waals surface area contributed by atoms with Gasteiger partial charge in [0.25, 0.3) is 5.91 Å². The number of morpholine rings is 1. The summed E-state index contributed by atoms with van der Waals surface area (Å²) in [7, 11) is 3.37. The Bertz CT molecular complexity index is 978. The van der Waals surface area contributed by atoms with Crippen molar-refractivity contribution in [1.82, 2.24) is 14.7 Å². The molecule has 0 unspecified atom stereocenters. The lowest BCUT2D eigenvalue weighted by molar-refractivity contribution is -0.137. The van der Waals surface area contributed by atoms with Crippen LogP contribution in [0.5, 0.6) is 5.75 Å². The predicted octanol–water partition coefficient (Wildman–Crippen LogP) is 1.70. The molecule has 0 spiro atoms. The summed E-state index contributed by atoms with van der Waals surface area (Å²) in [6, 6.07) is 4.93. The van der Waals surface area contributed by atoms with Gasteiger partial charge in [-0.3, -0.25) is 19.3 Å². The maximum atomic E-state index is 13.5. The third-order valence-corrected chi connectivity index (χ3v) is 7.44. The van der Waals surface area contributed by atoms with Gasteiger partial charge in [-0.2, -0.15) is 0 Å². The lowest BCUT2D eigenvalue weighted by Crippen LogP contribution is -2.52. The highest BCUT2D eigenvalue weighted by Gasteiger charge is 2.32. The van der Waals surface area contributed by atoms with Crippen LogP contribution in [0.25, 0.3) is 0 Å². The number of nitrogens with one attached hydrogen (secondary N) is 1. The van der Waals surface area contributed by atoms with Crippen molar-refractivity contribution in [2.24, 2.45) is 11.8 Å². The molecule has 4 rings (SSSR count). The average molecular weight is 517 g/mol. The molecule has 0 bridgehead atoms. The highest BCUT2D eigenvalue weighted by molar-refractivity contribution is 6.00. The molecule has 2 heterocycles. The number of carbonyl (C=O) groups is 3. The van der Waals surface area contributed by atoms with Gasteiger partial charge in [0.2, 0.25) is 11.8 Å². The number of likely N-dealkylation sites (N-methyl/N-ethyl adjacent to an activating group) is 1. The summed E-state index contributed by atoms with van der Waals surface area (Å²) in [5, 5.41) is 2.92. The molecule has 1 aromatic rings. The molecule has 2 aliphatic heterocycles. The van der Waals surface area contributed by atoms with Crippen LogP contribution in [0.4, 0.5) is 5.69 Å². The van der Waals surface area contributed by atoms with Crippen molar-refractivity contribution in [3.63, 3.8) is 0 Å². The van der Waals surface area contributed by atoms with Crippen LogP contribution in [0, 0.1) is 11.8 Å². The number of anilines is 1. The number of fused-ring (bicyclic) bond motifs is 1. The van der Waals surface area contributed by atoms with E-state index in [1.54, 1.807) is 37.3 Å². The monoisotopic (exact) mass is 516 g/mol. The molecule has 3 amide bonds. The van der Waals surface area contributed by atoms with Crippen LogP contribution < -0.4 is 10.1 Å². The van der Waals surface area contributed by atoms with E-state index in [9.17, 15) is 14.4 Å². The van der Waals surface area contributed by atoms with E-state index in [0.717, 1.165) is 25.9 Å². The number of hydrogen-bond acceptors (Lipinski definition) is 7. The van der Waals surface area contributed by atoms with Gasteiger partial charge in [-0.1, -0.05) is 6.92 Å². The highest BCUT2D eigenvalue weighted by Crippen LogP contribution is 2.31. The molecule has 1 aromatic carbocycles. The smallest absolute Gasteiger partial charge is 0.257 e. The molecule has 1 N–H and O–H groups in total.